The molecule has 1 aromatic carbocycles. The van der Waals surface area contributed by atoms with Gasteiger partial charge in [-0.15, -0.1) is 0 Å². The molecule has 0 spiro atoms. The van der Waals surface area contributed by atoms with Gasteiger partial charge in [-0.2, -0.15) is 0 Å². The molecule has 1 aromatic rings. The molecule has 0 bridgehead atoms. The van der Waals surface area contributed by atoms with E-state index in [0.29, 0.717) is 19.8 Å². The van der Waals surface area contributed by atoms with Crippen molar-refractivity contribution in [1.29, 1.82) is 0 Å². The molecule has 5 heteroatoms. The minimum atomic E-state index is 0.191. The predicted octanol–water partition coefficient (Wildman–Crippen LogP) is 2.92. The third-order valence-electron chi connectivity index (χ3n) is 3.49. The first kappa shape index (κ1) is 19.6. The maximum atomic E-state index is 8.96. The van der Waals surface area contributed by atoms with E-state index in [9.17, 15) is 0 Å². The van der Waals surface area contributed by atoms with E-state index in [1.54, 1.807) is 14.2 Å². The fourth-order valence-electron chi connectivity index (χ4n) is 2.07. The number of methoxy groups -OCH3 is 2. The van der Waals surface area contributed by atoms with Crippen molar-refractivity contribution in [2.75, 3.05) is 40.8 Å². The third kappa shape index (κ3) is 8.13. The highest BCUT2D eigenvalue weighted by atomic mass is 16.7. The lowest BCUT2D eigenvalue weighted by molar-refractivity contribution is -0.0247. The molecule has 0 aliphatic rings. The van der Waals surface area contributed by atoms with Gasteiger partial charge in [-0.25, -0.2) is 0 Å². The number of rotatable bonds is 12. The Bertz CT molecular complexity index is 453. The highest BCUT2D eigenvalue weighted by Gasteiger charge is 2.05. The second-order valence-corrected chi connectivity index (χ2v) is 5.31. The molecule has 0 aromatic heterocycles. The Balaban J connectivity index is 2.51. The maximum absolute atomic E-state index is 8.96. The fraction of sp³-hybridized carbons (Fsp3) is 0.556. The minimum Gasteiger partial charge on any atom is -0.497 e. The monoisotopic (exact) mass is 324 g/mol. The zero-order valence-electron chi connectivity index (χ0n) is 14.3. The molecule has 23 heavy (non-hydrogen) atoms. The zero-order chi connectivity index (χ0) is 16.9. The molecular formula is C18H28O5. The van der Waals surface area contributed by atoms with Crippen LogP contribution in [0.5, 0.6) is 5.75 Å². The van der Waals surface area contributed by atoms with E-state index in [0.717, 1.165) is 29.7 Å². The van der Waals surface area contributed by atoms with Crippen molar-refractivity contribution in [3.8, 4) is 5.75 Å². The summed E-state index contributed by atoms with van der Waals surface area (Å²) in [4.78, 5) is 0. The molecule has 0 fully saturated rings. The number of ether oxygens (including phenoxy) is 4. The molecule has 0 saturated heterocycles. The molecule has 1 rings (SSSR count). The van der Waals surface area contributed by atoms with Crippen LogP contribution in [-0.4, -0.2) is 45.9 Å². The van der Waals surface area contributed by atoms with Crippen molar-refractivity contribution in [2.24, 2.45) is 0 Å². The number of benzene rings is 1. The van der Waals surface area contributed by atoms with Crippen molar-refractivity contribution >= 4 is 0 Å². The Kier molecular flexibility index (Phi) is 10.3. The number of allylic oxidation sites excluding steroid dienone is 1. The van der Waals surface area contributed by atoms with Gasteiger partial charge in [0, 0.05) is 13.7 Å². The molecule has 0 atom stereocenters. The van der Waals surface area contributed by atoms with Gasteiger partial charge in [-0.1, -0.05) is 17.7 Å². The van der Waals surface area contributed by atoms with Crippen LogP contribution in [0.25, 0.3) is 0 Å². The Labute approximate surface area is 138 Å². The molecule has 5 nitrogen and oxygen atoms in total. The quantitative estimate of drug-likeness (QED) is 0.364. The molecule has 0 aliphatic heterocycles. The van der Waals surface area contributed by atoms with Crippen LogP contribution >= 0.6 is 0 Å². The number of aliphatic hydroxyl groups excluding tert-OH is 1. The first-order valence-corrected chi connectivity index (χ1v) is 7.77. The number of hydrogen-bond donors (Lipinski definition) is 1. The summed E-state index contributed by atoms with van der Waals surface area (Å²) in [6.07, 6.45) is 1.59. The van der Waals surface area contributed by atoms with Crippen LogP contribution in [0.2, 0.25) is 0 Å². The van der Waals surface area contributed by atoms with Gasteiger partial charge < -0.3 is 24.1 Å². The van der Waals surface area contributed by atoms with Crippen molar-refractivity contribution in [3.63, 3.8) is 0 Å². The molecule has 0 radical (unpaired) electrons. The van der Waals surface area contributed by atoms with E-state index in [2.05, 4.69) is 6.92 Å². The summed E-state index contributed by atoms with van der Waals surface area (Å²) >= 11 is 0. The summed E-state index contributed by atoms with van der Waals surface area (Å²) in [6, 6.07) is 7.82. The lowest BCUT2D eigenvalue weighted by atomic mass is 10.1. The summed E-state index contributed by atoms with van der Waals surface area (Å²) in [6.45, 7) is 4.02. The smallest absolute Gasteiger partial charge is 0.146 e. The zero-order valence-corrected chi connectivity index (χ0v) is 14.3. The fourth-order valence-corrected chi connectivity index (χ4v) is 2.07. The van der Waals surface area contributed by atoms with Crippen molar-refractivity contribution in [1.82, 2.24) is 0 Å². The Morgan fingerprint density at radius 2 is 1.74 bits per heavy atom. The first-order chi connectivity index (χ1) is 11.2. The van der Waals surface area contributed by atoms with E-state index in [1.165, 1.54) is 5.57 Å². The van der Waals surface area contributed by atoms with Crippen molar-refractivity contribution < 1.29 is 24.1 Å². The number of aliphatic hydroxyl groups is 1. The second kappa shape index (κ2) is 12.1. The van der Waals surface area contributed by atoms with Gasteiger partial charge in [0.25, 0.3) is 0 Å². The largest absolute Gasteiger partial charge is 0.497 e. The first-order valence-electron chi connectivity index (χ1n) is 7.77. The average molecular weight is 324 g/mol. The van der Waals surface area contributed by atoms with Crippen molar-refractivity contribution in [3.05, 3.63) is 41.0 Å². The third-order valence-corrected chi connectivity index (χ3v) is 3.49. The molecular weight excluding hydrogens is 296 g/mol. The Morgan fingerprint density at radius 1 is 1.04 bits per heavy atom. The predicted molar refractivity (Wildman–Crippen MR) is 89.5 cm³/mol. The molecule has 0 amide bonds. The average Bonchev–Trinajstić information content (AvgIpc) is 2.59. The minimum absolute atomic E-state index is 0.191. The van der Waals surface area contributed by atoms with Gasteiger partial charge in [0.1, 0.15) is 12.5 Å². The highest BCUT2D eigenvalue weighted by Crippen LogP contribution is 2.15. The van der Waals surface area contributed by atoms with Crippen LogP contribution < -0.4 is 4.74 Å². The van der Waals surface area contributed by atoms with Crippen LogP contribution in [0, 0.1) is 0 Å². The van der Waals surface area contributed by atoms with Gasteiger partial charge in [0.2, 0.25) is 0 Å². The Morgan fingerprint density at radius 3 is 2.35 bits per heavy atom. The van der Waals surface area contributed by atoms with E-state index in [1.807, 2.05) is 24.3 Å². The standard InChI is InChI=1S/C18H28O5/c1-15(5-4-10-19)17(13-23-14-20-2)12-22-11-16-6-8-18(21-3)9-7-16/h6-9,19H,4-5,10-14H2,1-3H3/b17-15-. The van der Waals surface area contributed by atoms with Gasteiger partial charge in [-0.3, -0.25) is 0 Å². The van der Waals surface area contributed by atoms with E-state index in [-0.39, 0.29) is 13.4 Å². The molecule has 1 N–H and O–H groups in total. The highest BCUT2D eigenvalue weighted by molar-refractivity contribution is 5.26. The summed E-state index contributed by atoms with van der Waals surface area (Å²) in [5, 5.41) is 8.96. The van der Waals surface area contributed by atoms with E-state index >= 15 is 0 Å². The normalized spacial score (nSPS) is 12.2. The summed E-state index contributed by atoms with van der Waals surface area (Å²) in [7, 11) is 3.25. The van der Waals surface area contributed by atoms with Crippen LogP contribution in [0.1, 0.15) is 25.3 Å². The van der Waals surface area contributed by atoms with Crippen LogP contribution in [0.15, 0.2) is 35.4 Å². The lowest BCUT2D eigenvalue weighted by Gasteiger charge is -2.13. The number of hydrogen-bond acceptors (Lipinski definition) is 5. The van der Waals surface area contributed by atoms with E-state index < -0.39 is 0 Å². The maximum Gasteiger partial charge on any atom is 0.146 e. The summed E-state index contributed by atoms with van der Waals surface area (Å²) in [5.74, 6) is 0.835. The SMILES string of the molecule is COCOC/C(COCc1ccc(OC)cc1)=C(/C)CCCO. The topological polar surface area (TPSA) is 57.2 Å². The molecule has 0 saturated carbocycles. The van der Waals surface area contributed by atoms with Crippen LogP contribution in [-0.2, 0) is 20.8 Å². The summed E-state index contributed by atoms with van der Waals surface area (Å²) in [5.41, 5.74) is 3.39. The summed E-state index contributed by atoms with van der Waals surface area (Å²) < 4.78 is 21.3. The van der Waals surface area contributed by atoms with Gasteiger partial charge in [0.05, 0.1) is 26.9 Å². The van der Waals surface area contributed by atoms with Crippen LogP contribution in [0.4, 0.5) is 0 Å². The second-order valence-electron chi connectivity index (χ2n) is 5.31. The molecule has 0 unspecified atom stereocenters. The lowest BCUT2D eigenvalue weighted by Crippen LogP contribution is -2.10. The van der Waals surface area contributed by atoms with E-state index in [4.69, 9.17) is 24.1 Å². The molecule has 0 aliphatic carbocycles. The molecule has 130 valence electrons. The van der Waals surface area contributed by atoms with Crippen molar-refractivity contribution in [2.45, 2.75) is 26.4 Å². The van der Waals surface area contributed by atoms with Gasteiger partial charge in [-0.05, 0) is 43.0 Å². The Hall–Kier alpha value is -1.40. The molecule has 0 heterocycles. The van der Waals surface area contributed by atoms with Gasteiger partial charge in [0.15, 0.2) is 0 Å². The van der Waals surface area contributed by atoms with Crippen LogP contribution in [0.3, 0.4) is 0 Å². The van der Waals surface area contributed by atoms with Gasteiger partial charge >= 0.3 is 0 Å².